The van der Waals surface area contributed by atoms with Crippen LogP contribution >= 0.6 is 0 Å². The van der Waals surface area contributed by atoms with Crippen molar-refractivity contribution in [1.29, 1.82) is 0 Å². The number of halogens is 1. The van der Waals surface area contributed by atoms with Crippen LogP contribution in [0.2, 0.25) is 0 Å². The SMILES string of the molecule is COc1ccccc1C=NNC(=O)C(C)C(=O)Nc1ccccc1F. The Kier molecular flexibility index (Phi) is 6.22. The van der Waals surface area contributed by atoms with E-state index in [-0.39, 0.29) is 5.69 Å². The van der Waals surface area contributed by atoms with Gasteiger partial charge in [-0.25, -0.2) is 9.82 Å². The van der Waals surface area contributed by atoms with E-state index < -0.39 is 23.5 Å². The number of rotatable bonds is 6. The highest BCUT2D eigenvalue weighted by molar-refractivity contribution is 6.06. The average Bonchev–Trinajstić information content (AvgIpc) is 2.63. The van der Waals surface area contributed by atoms with Crippen molar-refractivity contribution < 1.29 is 18.7 Å². The molecule has 0 fully saturated rings. The number of nitrogens with one attached hydrogen (secondary N) is 2. The van der Waals surface area contributed by atoms with E-state index in [2.05, 4.69) is 15.8 Å². The highest BCUT2D eigenvalue weighted by atomic mass is 19.1. The summed E-state index contributed by atoms with van der Waals surface area (Å²) in [6.45, 7) is 1.41. The molecule has 0 spiro atoms. The van der Waals surface area contributed by atoms with Crippen LogP contribution in [0, 0.1) is 11.7 Å². The lowest BCUT2D eigenvalue weighted by Gasteiger charge is -2.11. The first-order valence-electron chi connectivity index (χ1n) is 7.54. The number of hydrazone groups is 1. The zero-order chi connectivity index (χ0) is 18.2. The molecule has 0 saturated heterocycles. The van der Waals surface area contributed by atoms with Gasteiger partial charge in [-0.15, -0.1) is 0 Å². The monoisotopic (exact) mass is 343 g/mol. The first kappa shape index (κ1) is 18.1. The summed E-state index contributed by atoms with van der Waals surface area (Å²) in [7, 11) is 1.53. The lowest BCUT2D eigenvalue weighted by molar-refractivity contribution is -0.131. The smallest absolute Gasteiger partial charge is 0.252 e. The van der Waals surface area contributed by atoms with Crippen LogP contribution in [0.4, 0.5) is 10.1 Å². The van der Waals surface area contributed by atoms with E-state index in [1.807, 2.05) is 6.07 Å². The van der Waals surface area contributed by atoms with E-state index in [1.54, 1.807) is 24.3 Å². The summed E-state index contributed by atoms with van der Waals surface area (Å²) >= 11 is 0. The van der Waals surface area contributed by atoms with E-state index in [4.69, 9.17) is 4.74 Å². The summed E-state index contributed by atoms with van der Waals surface area (Å²) in [6, 6.07) is 12.9. The third-order valence-electron chi connectivity index (χ3n) is 3.44. The summed E-state index contributed by atoms with van der Waals surface area (Å²) in [6.07, 6.45) is 1.41. The van der Waals surface area contributed by atoms with Gasteiger partial charge in [-0.05, 0) is 31.2 Å². The molecule has 7 heteroatoms. The Labute approximate surface area is 144 Å². The number of benzene rings is 2. The minimum atomic E-state index is -1.05. The molecule has 1 atom stereocenters. The maximum absolute atomic E-state index is 13.5. The van der Waals surface area contributed by atoms with E-state index in [0.717, 1.165) is 0 Å². The molecule has 2 N–H and O–H groups in total. The van der Waals surface area contributed by atoms with Crippen molar-refractivity contribution in [3.05, 3.63) is 59.9 Å². The molecule has 2 rings (SSSR count). The number of hydrogen-bond acceptors (Lipinski definition) is 4. The molecular formula is C18H18FN3O3. The molecule has 2 aromatic carbocycles. The number of hydrogen-bond donors (Lipinski definition) is 2. The zero-order valence-corrected chi connectivity index (χ0v) is 13.8. The summed E-state index contributed by atoms with van der Waals surface area (Å²) in [4.78, 5) is 24.0. The van der Waals surface area contributed by atoms with Gasteiger partial charge in [0.15, 0.2) is 0 Å². The van der Waals surface area contributed by atoms with Crippen LogP contribution in [-0.4, -0.2) is 25.1 Å². The normalized spacial score (nSPS) is 11.8. The lowest BCUT2D eigenvalue weighted by Crippen LogP contribution is -2.34. The number of methoxy groups -OCH3 is 1. The van der Waals surface area contributed by atoms with Crippen molar-refractivity contribution in [2.75, 3.05) is 12.4 Å². The molecule has 1 unspecified atom stereocenters. The van der Waals surface area contributed by atoms with Crippen molar-refractivity contribution >= 4 is 23.7 Å². The van der Waals surface area contributed by atoms with Crippen LogP contribution in [0.15, 0.2) is 53.6 Å². The van der Waals surface area contributed by atoms with E-state index in [1.165, 1.54) is 38.4 Å². The average molecular weight is 343 g/mol. The maximum Gasteiger partial charge on any atom is 0.252 e. The Balaban J connectivity index is 1.94. The Morgan fingerprint density at radius 1 is 1.12 bits per heavy atom. The Morgan fingerprint density at radius 3 is 2.52 bits per heavy atom. The van der Waals surface area contributed by atoms with Gasteiger partial charge in [0, 0.05) is 5.56 Å². The van der Waals surface area contributed by atoms with Gasteiger partial charge in [0.25, 0.3) is 5.91 Å². The molecule has 0 bridgehead atoms. The van der Waals surface area contributed by atoms with E-state index >= 15 is 0 Å². The number of ether oxygens (including phenoxy) is 1. The van der Waals surface area contributed by atoms with Gasteiger partial charge in [0.05, 0.1) is 19.0 Å². The molecule has 130 valence electrons. The number of para-hydroxylation sites is 2. The van der Waals surface area contributed by atoms with Gasteiger partial charge in [-0.2, -0.15) is 5.10 Å². The quantitative estimate of drug-likeness (QED) is 0.481. The van der Waals surface area contributed by atoms with E-state index in [0.29, 0.717) is 11.3 Å². The fraction of sp³-hybridized carbons (Fsp3) is 0.167. The maximum atomic E-state index is 13.5. The summed E-state index contributed by atoms with van der Waals surface area (Å²) < 4.78 is 18.7. The highest BCUT2D eigenvalue weighted by Crippen LogP contribution is 2.15. The van der Waals surface area contributed by atoms with Crippen LogP contribution in [-0.2, 0) is 9.59 Å². The number of amides is 2. The third kappa shape index (κ3) is 4.87. The van der Waals surface area contributed by atoms with Gasteiger partial charge >= 0.3 is 0 Å². The van der Waals surface area contributed by atoms with Crippen molar-refractivity contribution in [3.63, 3.8) is 0 Å². The van der Waals surface area contributed by atoms with Gasteiger partial charge in [0.2, 0.25) is 5.91 Å². The Bertz CT molecular complexity index is 793. The number of carbonyl (C=O) groups is 2. The fourth-order valence-electron chi connectivity index (χ4n) is 1.96. The molecule has 0 aliphatic rings. The summed E-state index contributed by atoms with van der Waals surface area (Å²) in [5.74, 6) is -2.26. The van der Waals surface area contributed by atoms with Gasteiger partial charge < -0.3 is 10.1 Å². The van der Waals surface area contributed by atoms with Gasteiger partial charge in [-0.1, -0.05) is 24.3 Å². The number of anilines is 1. The molecule has 0 radical (unpaired) electrons. The van der Waals surface area contributed by atoms with Crippen LogP contribution in [0.25, 0.3) is 0 Å². The third-order valence-corrected chi connectivity index (χ3v) is 3.44. The first-order valence-corrected chi connectivity index (χ1v) is 7.54. The fourth-order valence-corrected chi connectivity index (χ4v) is 1.96. The second kappa shape index (κ2) is 8.58. The predicted molar refractivity (Wildman–Crippen MR) is 92.9 cm³/mol. The second-order valence-electron chi connectivity index (χ2n) is 5.17. The molecule has 2 aromatic rings. The van der Waals surface area contributed by atoms with Crippen molar-refractivity contribution in [2.24, 2.45) is 11.0 Å². The Morgan fingerprint density at radius 2 is 1.80 bits per heavy atom. The molecule has 2 amide bonds. The van der Waals surface area contributed by atoms with Crippen LogP contribution in [0.3, 0.4) is 0 Å². The molecule has 0 aromatic heterocycles. The Hall–Kier alpha value is -3.22. The van der Waals surface area contributed by atoms with Crippen molar-refractivity contribution in [3.8, 4) is 5.75 Å². The van der Waals surface area contributed by atoms with E-state index in [9.17, 15) is 14.0 Å². The molecule has 25 heavy (non-hydrogen) atoms. The van der Waals surface area contributed by atoms with Gasteiger partial charge in [-0.3, -0.25) is 9.59 Å². The highest BCUT2D eigenvalue weighted by Gasteiger charge is 2.22. The minimum absolute atomic E-state index is 0.0182. The minimum Gasteiger partial charge on any atom is -0.496 e. The topological polar surface area (TPSA) is 79.8 Å². The second-order valence-corrected chi connectivity index (χ2v) is 5.17. The summed E-state index contributed by atoms with van der Waals surface area (Å²) in [5, 5.41) is 6.19. The van der Waals surface area contributed by atoms with Gasteiger partial charge in [0.1, 0.15) is 17.5 Å². The van der Waals surface area contributed by atoms with Crippen LogP contribution in [0.1, 0.15) is 12.5 Å². The lowest BCUT2D eigenvalue weighted by atomic mass is 10.1. The standard InChI is InChI=1S/C18H18FN3O3/c1-12(17(23)21-15-9-5-4-8-14(15)19)18(24)22-20-11-13-7-3-6-10-16(13)25-2/h3-12H,1-2H3,(H,21,23)(H,22,24). The number of carbonyl (C=O) groups excluding carboxylic acids is 2. The summed E-state index contributed by atoms with van der Waals surface area (Å²) in [5.41, 5.74) is 2.98. The zero-order valence-electron chi connectivity index (χ0n) is 13.8. The van der Waals surface area contributed by atoms with Crippen molar-refractivity contribution in [1.82, 2.24) is 5.43 Å². The predicted octanol–water partition coefficient (Wildman–Crippen LogP) is 2.56. The van der Waals surface area contributed by atoms with Crippen molar-refractivity contribution in [2.45, 2.75) is 6.92 Å². The van der Waals surface area contributed by atoms with Crippen LogP contribution < -0.4 is 15.5 Å². The van der Waals surface area contributed by atoms with Crippen LogP contribution in [0.5, 0.6) is 5.75 Å². The molecule has 6 nitrogen and oxygen atoms in total. The molecular weight excluding hydrogens is 325 g/mol. The molecule has 0 aliphatic heterocycles. The molecule has 0 saturated carbocycles. The number of nitrogens with zero attached hydrogens (tertiary/aromatic N) is 1. The molecule has 0 aliphatic carbocycles. The largest absolute Gasteiger partial charge is 0.496 e. The molecule has 0 heterocycles. The first-order chi connectivity index (χ1) is 12.0.